The van der Waals surface area contributed by atoms with E-state index in [4.69, 9.17) is 0 Å². The van der Waals surface area contributed by atoms with E-state index in [0.717, 1.165) is 0 Å². The zero-order chi connectivity index (χ0) is 12.0. The first kappa shape index (κ1) is 13.5. The second-order valence-corrected chi connectivity index (χ2v) is 8.30. The SMILES string of the molecule is Cc1c(C(C)(C)C)sc(C(C)(C)C)c1I. The van der Waals surface area contributed by atoms with Gasteiger partial charge in [0.05, 0.1) is 0 Å². The molecule has 0 saturated carbocycles. The first-order valence-electron chi connectivity index (χ1n) is 5.35. The molecule has 0 aliphatic rings. The van der Waals surface area contributed by atoms with E-state index in [0.29, 0.717) is 0 Å². The van der Waals surface area contributed by atoms with Gasteiger partial charge in [0.25, 0.3) is 0 Å². The van der Waals surface area contributed by atoms with Crippen molar-refractivity contribution in [1.29, 1.82) is 0 Å². The molecular weight excluding hydrogens is 315 g/mol. The molecule has 0 unspecified atom stereocenters. The van der Waals surface area contributed by atoms with E-state index in [-0.39, 0.29) is 10.8 Å². The topological polar surface area (TPSA) is 0 Å². The molecule has 0 N–H and O–H groups in total. The Kier molecular flexibility index (Phi) is 3.62. The van der Waals surface area contributed by atoms with Gasteiger partial charge in [-0.15, -0.1) is 11.3 Å². The minimum atomic E-state index is 0.273. The van der Waals surface area contributed by atoms with Gasteiger partial charge in [-0.05, 0) is 45.9 Å². The van der Waals surface area contributed by atoms with Crippen LogP contribution >= 0.6 is 33.9 Å². The van der Waals surface area contributed by atoms with E-state index in [1.807, 2.05) is 11.3 Å². The Labute approximate surface area is 112 Å². The molecule has 1 aromatic rings. The maximum Gasteiger partial charge on any atom is 0.0307 e. The van der Waals surface area contributed by atoms with E-state index in [1.165, 1.54) is 18.9 Å². The summed E-state index contributed by atoms with van der Waals surface area (Å²) < 4.78 is 1.47. The van der Waals surface area contributed by atoms with E-state index >= 15 is 0 Å². The molecular formula is C13H21IS. The maximum absolute atomic E-state index is 2.50. The summed E-state index contributed by atoms with van der Waals surface area (Å²) in [6.07, 6.45) is 0. The third-order valence-electron chi connectivity index (χ3n) is 2.44. The molecule has 0 amide bonds. The minimum absolute atomic E-state index is 0.273. The van der Waals surface area contributed by atoms with Gasteiger partial charge >= 0.3 is 0 Å². The van der Waals surface area contributed by atoms with Crippen LogP contribution in [0.25, 0.3) is 0 Å². The molecule has 0 fully saturated rings. The maximum atomic E-state index is 2.50. The van der Waals surface area contributed by atoms with Gasteiger partial charge in [-0.25, -0.2) is 0 Å². The second-order valence-electron chi connectivity index (χ2n) is 6.20. The molecule has 2 heteroatoms. The predicted octanol–water partition coefficient (Wildman–Crippen LogP) is 5.26. The average Bonchev–Trinajstić information content (AvgIpc) is 2.26. The van der Waals surface area contributed by atoms with Gasteiger partial charge in [-0.1, -0.05) is 41.5 Å². The van der Waals surface area contributed by atoms with Crippen molar-refractivity contribution in [2.24, 2.45) is 0 Å². The smallest absolute Gasteiger partial charge is 0.0307 e. The standard InChI is InChI=1S/C13H21IS/c1-8-9(14)11(13(5,6)7)15-10(8)12(2,3)4/h1-7H3. The summed E-state index contributed by atoms with van der Waals surface area (Å²) in [6.45, 7) is 16.1. The molecule has 0 bridgehead atoms. The fourth-order valence-electron chi connectivity index (χ4n) is 1.69. The quantitative estimate of drug-likeness (QED) is 0.567. The van der Waals surface area contributed by atoms with Crippen molar-refractivity contribution in [3.8, 4) is 0 Å². The van der Waals surface area contributed by atoms with Gasteiger partial charge in [0.1, 0.15) is 0 Å². The summed E-state index contributed by atoms with van der Waals surface area (Å²) in [5.74, 6) is 0. The molecule has 0 aliphatic carbocycles. The first-order chi connectivity index (χ1) is 6.55. The highest BCUT2D eigenvalue weighted by Gasteiger charge is 2.27. The lowest BCUT2D eigenvalue weighted by Crippen LogP contribution is -2.10. The number of halogens is 1. The largest absolute Gasteiger partial charge is 0.143 e. The van der Waals surface area contributed by atoms with Gasteiger partial charge in [0.15, 0.2) is 0 Å². The van der Waals surface area contributed by atoms with Gasteiger partial charge in [-0.2, -0.15) is 0 Å². The Bertz CT molecular complexity index is 327. The van der Waals surface area contributed by atoms with Gasteiger partial charge < -0.3 is 0 Å². The molecule has 0 nitrogen and oxygen atoms in total. The number of hydrogen-bond donors (Lipinski definition) is 0. The minimum Gasteiger partial charge on any atom is -0.143 e. The third kappa shape index (κ3) is 2.76. The Hall–Kier alpha value is 0.430. The van der Waals surface area contributed by atoms with Gasteiger partial charge in [0.2, 0.25) is 0 Å². The summed E-state index contributed by atoms with van der Waals surface area (Å²) in [5.41, 5.74) is 2.03. The van der Waals surface area contributed by atoms with Crippen molar-refractivity contribution in [2.45, 2.75) is 59.3 Å². The Morgan fingerprint density at radius 3 is 1.47 bits per heavy atom. The molecule has 15 heavy (non-hydrogen) atoms. The number of rotatable bonds is 0. The summed E-state index contributed by atoms with van der Waals surface area (Å²) in [5, 5.41) is 0. The van der Waals surface area contributed by atoms with E-state index in [9.17, 15) is 0 Å². The Morgan fingerprint density at radius 2 is 1.27 bits per heavy atom. The van der Waals surface area contributed by atoms with Crippen LogP contribution < -0.4 is 0 Å². The Balaban J connectivity index is 3.38. The van der Waals surface area contributed by atoms with Crippen LogP contribution in [0.1, 0.15) is 56.9 Å². The first-order valence-corrected chi connectivity index (χ1v) is 7.24. The van der Waals surface area contributed by atoms with E-state index in [2.05, 4.69) is 71.1 Å². The highest BCUT2D eigenvalue weighted by Crippen LogP contribution is 2.42. The molecule has 0 atom stereocenters. The van der Waals surface area contributed by atoms with E-state index < -0.39 is 0 Å². The molecule has 1 rings (SSSR count). The molecule has 0 spiro atoms. The number of hydrogen-bond acceptors (Lipinski definition) is 1. The monoisotopic (exact) mass is 336 g/mol. The van der Waals surface area contributed by atoms with Crippen molar-refractivity contribution >= 4 is 33.9 Å². The van der Waals surface area contributed by atoms with Crippen molar-refractivity contribution in [1.82, 2.24) is 0 Å². The van der Waals surface area contributed by atoms with Crippen LogP contribution in [-0.4, -0.2) is 0 Å². The molecule has 1 aromatic heterocycles. The lowest BCUT2D eigenvalue weighted by molar-refractivity contribution is 0.600. The second kappa shape index (κ2) is 4.02. The van der Waals surface area contributed by atoms with Crippen molar-refractivity contribution in [2.75, 3.05) is 0 Å². The van der Waals surface area contributed by atoms with E-state index in [1.54, 1.807) is 0 Å². The zero-order valence-electron chi connectivity index (χ0n) is 10.8. The van der Waals surface area contributed by atoms with Crippen LogP contribution in [-0.2, 0) is 10.8 Å². The highest BCUT2D eigenvalue weighted by atomic mass is 127. The van der Waals surface area contributed by atoms with Crippen LogP contribution in [0.4, 0.5) is 0 Å². The summed E-state index contributed by atoms with van der Waals surface area (Å²) >= 11 is 4.49. The van der Waals surface area contributed by atoms with Crippen molar-refractivity contribution in [3.63, 3.8) is 0 Å². The normalized spacial score (nSPS) is 13.3. The summed E-state index contributed by atoms with van der Waals surface area (Å²) in [4.78, 5) is 3.07. The fourth-order valence-corrected chi connectivity index (χ4v) is 4.60. The van der Waals surface area contributed by atoms with Crippen LogP contribution in [0, 0.1) is 10.5 Å². The molecule has 0 aliphatic heterocycles. The van der Waals surface area contributed by atoms with Crippen LogP contribution in [0.2, 0.25) is 0 Å². The third-order valence-corrected chi connectivity index (χ3v) is 6.29. The van der Waals surface area contributed by atoms with Crippen molar-refractivity contribution < 1.29 is 0 Å². The molecule has 86 valence electrons. The summed E-state index contributed by atoms with van der Waals surface area (Å²) in [6, 6.07) is 0. The van der Waals surface area contributed by atoms with Gasteiger partial charge in [0, 0.05) is 13.3 Å². The zero-order valence-corrected chi connectivity index (χ0v) is 13.8. The van der Waals surface area contributed by atoms with Crippen LogP contribution in [0.3, 0.4) is 0 Å². The lowest BCUT2D eigenvalue weighted by atomic mass is 9.90. The lowest BCUT2D eigenvalue weighted by Gasteiger charge is -2.18. The van der Waals surface area contributed by atoms with Gasteiger partial charge in [-0.3, -0.25) is 0 Å². The average molecular weight is 336 g/mol. The molecule has 0 aromatic carbocycles. The highest BCUT2D eigenvalue weighted by molar-refractivity contribution is 14.1. The molecule has 0 radical (unpaired) electrons. The van der Waals surface area contributed by atoms with Crippen LogP contribution in [0.15, 0.2) is 0 Å². The molecule has 1 heterocycles. The molecule has 0 saturated heterocycles. The summed E-state index contributed by atoms with van der Waals surface area (Å²) in [7, 11) is 0. The fraction of sp³-hybridized carbons (Fsp3) is 0.692. The number of thiophene rings is 1. The van der Waals surface area contributed by atoms with Crippen molar-refractivity contribution in [3.05, 3.63) is 18.9 Å². The van der Waals surface area contributed by atoms with Crippen LogP contribution in [0.5, 0.6) is 0 Å². The predicted molar refractivity (Wildman–Crippen MR) is 79.2 cm³/mol. The Morgan fingerprint density at radius 1 is 0.867 bits per heavy atom.